The van der Waals surface area contributed by atoms with E-state index < -0.39 is 10.9 Å². The highest BCUT2D eigenvalue weighted by Gasteiger charge is 2.15. The normalized spacial score (nSPS) is 9.81. The molecule has 0 saturated heterocycles. The SMILES string of the molecule is O=C(O)CCNc1ncc(Cl)cc1[N+](=O)[O-]. The van der Waals surface area contributed by atoms with Crippen LogP contribution in [0.5, 0.6) is 0 Å². The number of hydrogen-bond acceptors (Lipinski definition) is 5. The summed E-state index contributed by atoms with van der Waals surface area (Å²) in [5.74, 6) is -0.986. The minimum atomic E-state index is -0.996. The monoisotopic (exact) mass is 245 g/mol. The third-order valence-corrected chi connectivity index (χ3v) is 1.87. The van der Waals surface area contributed by atoms with E-state index >= 15 is 0 Å². The van der Waals surface area contributed by atoms with Gasteiger partial charge >= 0.3 is 11.7 Å². The van der Waals surface area contributed by atoms with E-state index in [1.807, 2.05) is 0 Å². The molecule has 2 N–H and O–H groups in total. The molecule has 86 valence electrons. The molecule has 0 radical (unpaired) electrons. The molecule has 0 spiro atoms. The summed E-state index contributed by atoms with van der Waals surface area (Å²) in [7, 11) is 0. The summed E-state index contributed by atoms with van der Waals surface area (Å²) >= 11 is 5.56. The maximum atomic E-state index is 10.6. The van der Waals surface area contributed by atoms with E-state index in [0.29, 0.717) is 0 Å². The van der Waals surface area contributed by atoms with Gasteiger partial charge in [-0.1, -0.05) is 11.6 Å². The lowest BCUT2D eigenvalue weighted by atomic mass is 10.3. The highest BCUT2D eigenvalue weighted by Crippen LogP contribution is 2.24. The van der Waals surface area contributed by atoms with Gasteiger partial charge in [0.05, 0.1) is 16.4 Å². The van der Waals surface area contributed by atoms with Gasteiger partial charge in [0.15, 0.2) is 0 Å². The lowest BCUT2D eigenvalue weighted by Gasteiger charge is -2.04. The number of carboxylic acid groups (broad SMARTS) is 1. The third-order valence-electron chi connectivity index (χ3n) is 1.66. The van der Waals surface area contributed by atoms with Crippen molar-refractivity contribution >= 4 is 29.1 Å². The molecular weight excluding hydrogens is 238 g/mol. The van der Waals surface area contributed by atoms with Crippen LogP contribution in [-0.4, -0.2) is 27.5 Å². The highest BCUT2D eigenvalue weighted by molar-refractivity contribution is 6.30. The molecule has 0 fully saturated rings. The van der Waals surface area contributed by atoms with Crippen molar-refractivity contribution in [3.63, 3.8) is 0 Å². The number of aromatic nitrogens is 1. The van der Waals surface area contributed by atoms with Crippen LogP contribution in [0.4, 0.5) is 11.5 Å². The van der Waals surface area contributed by atoms with Crippen LogP contribution in [-0.2, 0) is 4.79 Å². The van der Waals surface area contributed by atoms with Gasteiger partial charge in [-0.2, -0.15) is 0 Å². The molecule has 0 aromatic carbocycles. The molecule has 16 heavy (non-hydrogen) atoms. The van der Waals surface area contributed by atoms with Gasteiger partial charge in [0.1, 0.15) is 0 Å². The van der Waals surface area contributed by atoms with Crippen molar-refractivity contribution in [1.82, 2.24) is 4.98 Å². The number of anilines is 1. The number of rotatable bonds is 5. The van der Waals surface area contributed by atoms with Crippen LogP contribution in [0.3, 0.4) is 0 Å². The molecule has 0 aliphatic rings. The van der Waals surface area contributed by atoms with Gasteiger partial charge in [0.25, 0.3) is 0 Å². The molecule has 1 rings (SSSR count). The minimum Gasteiger partial charge on any atom is -0.481 e. The van der Waals surface area contributed by atoms with E-state index in [-0.39, 0.29) is 29.5 Å². The molecule has 8 heteroatoms. The highest BCUT2D eigenvalue weighted by atomic mass is 35.5. The Morgan fingerprint density at radius 1 is 1.69 bits per heavy atom. The van der Waals surface area contributed by atoms with E-state index in [1.54, 1.807) is 0 Å². The van der Waals surface area contributed by atoms with Crippen molar-refractivity contribution < 1.29 is 14.8 Å². The van der Waals surface area contributed by atoms with Crippen molar-refractivity contribution in [3.8, 4) is 0 Å². The van der Waals surface area contributed by atoms with Crippen molar-refractivity contribution in [2.24, 2.45) is 0 Å². The van der Waals surface area contributed by atoms with Crippen LogP contribution in [0.25, 0.3) is 0 Å². The number of carbonyl (C=O) groups is 1. The summed E-state index contributed by atoms with van der Waals surface area (Å²) in [5, 5.41) is 21.7. The quantitative estimate of drug-likeness (QED) is 0.602. The third kappa shape index (κ3) is 3.35. The smallest absolute Gasteiger partial charge is 0.312 e. The maximum Gasteiger partial charge on any atom is 0.312 e. The lowest BCUT2D eigenvalue weighted by molar-refractivity contribution is -0.384. The Hall–Kier alpha value is -1.89. The molecule has 0 atom stereocenters. The summed E-state index contributed by atoms with van der Waals surface area (Å²) in [5.41, 5.74) is -0.280. The zero-order valence-corrected chi connectivity index (χ0v) is 8.77. The Morgan fingerprint density at radius 2 is 2.38 bits per heavy atom. The van der Waals surface area contributed by atoms with E-state index in [9.17, 15) is 14.9 Å². The second kappa shape index (κ2) is 5.26. The fourth-order valence-corrected chi connectivity index (χ4v) is 1.14. The molecule has 7 nitrogen and oxygen atoms in total. The number of nitrogens with zero attached hydrogens (tertiary/aromatic N) is 2. The molecule has 1 aromatic heterocycles. The number of halogens is 1. The van der Waals surface area contributed by atoms with Crippen molar-refractivity contribution in [2.45, 2.75) is 6.42 Å². The Kier molecular flexibility index (Phi) is 4.01. The van der Waals surface area contributed by atoms with Gasteiger partial charge in [0, 0.05) is 18.8 Å². The molecule has 0 aliphatic heterocycles. The number of nitro groups is 1. The minimum absolute atomic E-state index is 0.00986. The second-order valence-electron chi connectivity index (χ2n) is 2.85. The Labute approximate surface area is 95.2 Å². The van der Waals surface area contributed by atoms with E-state index in [2.05, 4.69) is 10.3 Å². The van der Waals surface area contributed by atoms with Crippen LogP contribution in [0.2, 0.25) is 5.02 Å². The Morgan fingerprint density at radius 3 is 2.94 bits per heavy atom. The predicted octanol–water partition coefficient (Wildman–Crippen LogP) is 1.53. The standard InChI is InChI=1S/C8H8ClN3O4/c9-5-3-6(12(15)16)8(11-4-5)10-2-1-7(13)14/h3-4H,1-2H2,(H,10,11)(H,13,14). The van der Waals surface area contributed by atoms with E-state index in [1.165, 1.54) is 6.20 Å². The molecule has 1 aromatic rings. The van der Waals surface area contributed by atoms with Crippen LogP contribution >= 0.6 is 11.6 Å². The van der Waals surface area contributed by atoms with E-state index in [4.69, 9.17) is 16.7 Å². The fraction of sp³-hybridized carbons (Fsp3) is 0.250. The average Bonchev–Trinajstić information content (AvgIpc) is 2.19. The number of pyridine rings is 1. The Bertz CT molecular complexity index is 424. The average molecular weight is 246 g/mol. The van der Waals surface area contributed by atoms with Gasteiger partial charge in [-0.3, -0.25) is 14.9 Å². The van der Waals surface area contributed by atoms with Crippen LogP contribution in [0, 0.1) is 10.1 Å². The molecule has 1 heterocycles. The predicted molar refractivity (Wildman–Crippen MR) is 56.6 cm³/mol. The second-order valence-corrected chi connectivity index (χ2v) is 3.29. The number of hydrogen-bond donors (Lipinski definition) is 2. The molecular formula is C8H8ClN3O4. The van der Waals surface area contributed by atoms with Gasteiger partial charge in [-0.25, -0.2) is 4.98 Å². The number of carboxylic acids is 1. The van der Waals surface area contributed by atoms with Crippen molar-refractivity contribution in [3.05, 3.63) is 27.4 Å². The summed E-state index contributed by atoms with van der Waals surface area (Å²) < 4.78 is 0. The summed E-state index contributed by atoms with van der Waals surface area (Å²) in [4.78, 5) is 24.0. The van der Waals surface area contributed by atoms with Crippen LogP contribution < -0.4 is 5.32 Å². The van der Waals surface area contributed by atoms with Crippen LogP contribution in [0.15, 0.2) is 12.3 Å². The molecule has 0 amide bonds. The molecule has 0 aliphatic carbocycles. The van der Waals surface area contributed by atoms with Crippen molar-refractivity contribution in [2.75, 3.05) is 11.9 Å². The van der Waals surface area contributed by atoms with Crippen LogP contribution in [0.1, 0.15) is 6.42 Å². The van der Waals surface area contributed by atoms with Gasteiger partial charge < -0.3 is 10.4 Å². The summed E-state index contributed by atoms with van der Waals surface area (Å²) in [6.45, 7) is 0.0603. The first-order valence-electron chi connectivity index (χ1n) is 4.26. The van der Waals surface area contributed by atoms with Gasteiger partial charge in [-0.05, 0) is 0 Å². The topological polar surface area (TPSA) is 105 Å². The van der Waals surface area contributed by atoms with Crippen molar-refractivity contribution in [1.29, 1.82) is 0 Å². The molecule has 0 bridgehead atoms. The fourth-order valence-electron chi connectivity index (χ4n) is 0.992. The van der Waals surface area contributed by atoms with E-state index in [0.717, 1.165) is 6.07 Å². The zero-order valence-electron chi connectivity index (χ0n) is 8.01. The van der Waals surface area contributed by atoms with Gasteiger partial charge in [-0.15, -0.1) is 0 Å². The number of aliphatic carboxylic acids is 1. The summed E-state index contributed by atoms with van der Waals surface area (Å²) in [6, 6.07) is 1.15. The first-order chi connectivity index (χ1) is 7.50. The molecule has 0 saturated carbocycles. The lowest BCUT2D eigenvalue weighted by Crippen LogP contribution is -2.10. The first-order valence-corrected chi connectivity index (χ1v) is 4.64. The molecule has 0 unspecified atom stereocenters. The first kappa shape index (κ1) is 12.2. The van der Waals surface area contributed by atoms with Gasteiger partial charge in [0.2, 0.25) is 5.82 Å². The zero-order chi connectivity index (χ0) is 12.1. The maximum absolute atomic E-state index is 10.6. The Balaban J connectivity index is 2.78. The summed E-state index contributed by atoms with van der Waals surface area (Å²) in [6.07, 6.45) is 1.10. The largest absolute Gasteiger partial charge is 0.481 e. The number of nitrogens with one attached hydrogen (secondary N) is 1.